The first-order valence-corrected chi connectivity index (χ1v) is 12.2. The molecule has 1 saturated heterocycles. The molecule has 2 aliphatic rings. The van der Waals surface area contributed by atoms with E-state index >= 15 is 0 Å². The topological polar surface area (TPSA) is 43.3 Å². The van der Waals surface area contributed by atoms with Crippen molar-refractivity contribution in [3.63, 3.8) is 0 Å². The van der Waals surface area contributed by atoms with Gasteiger partial charge in [0.2, 0.25) is 0 Å². The maximum Gasteiger partial charge on any atom is 0.313 e. The molecule has 1 aliphatic heterocycles. The minimum Gasteiger partial charge on any atom is -0.465 e. The third kappa shape index (κ3) is 3.32. The number of rotatable bonds is 6. The summed E-state index contributed by atoms with van der Waals surface area (Å²) in [5.41, 5.74) is 6.87. The Morgan fingerprint density at radius 3 is 2.62 bits per heavy atom. The molecule has 6 rings (SSSR count). The van der Waals surface area contributed by atoms with E-state index in [2.05, 4.69) is 90.1 Å². The number of hydrogen-bond donors (Lipinski definition) is 1. The van der Waals surface area contributed by atoms with Crippen LogP contribution in [0.25, 0.3) is 21.8 Å². The minimum atomic E-state index is -0.404. The Labute approximate surface area is 200 Å². The zero-order valence-electron chi connectivity index (χ0n) is 19.6. The SMILES string of the molecule is C=C1CC2COC(=O)C2(Cc2ccc(NCc3ccc4c(c3)c3ccccc3n4CC)cc2)C1. The summed E-state index contributed by atoms with van der Waals surface area (Å²) in [6.45, 7) is 8.61. The quantitative estimate of drug-likeness (QED) is 0.270. The van der Waals surface area contributed by atoms with E-state index in [1.54, 1.807) is 0 Å². The standard InChI is InChI=1S/C30H30N2O2/c1-3-32-27-7-5-4-6-25(27)26-15-22(10-13-28(26)32)18-31-24-11-8-21(9-12-24)17-30-16-20(2)14-23(30)19-34-29(30)33/h4-13,15,23,31H,2-3,14,16-19H2,1H3. The molecular weight excluding hydrogens is 420 g/mol. The molecule has 2 atom stereocenters. The second kappa shape index (κ2) is 8.05. The second-order valence-corrected chi connectivity index (χ2v) is 9.92. The zero-order chi connectivity index (χ0) is 23.3. The highest BCUT2D eigenvalue weighted by Crippen LogP contribution is 2.52. The lowest BCUT2D eigenvalue weighted by atomic mass is 9.75. The Balaban J connectivity index is 1.18. The van der Waals surface area contributed by atoms with Gasteiger partial charge >= 0.3 is 5.97 Å². The van der Waals surface area contributed by atoms with Crippen molar-refractivity contribution < 1.29 is 9.53 Å². The van der Waals surface area contributed by atoms with Gasteiger partial charge in [-0.05, 0) is 67.6 Å². The van der Waals surface area contributed by atoms with E-state index in [9.17, 15) is 4.79 Å². The third-order valence-corrected chi connectivity index (χ3v) is 7.83. The molecule has 2 heterocycles. The summed E-state index contributed by atoms with van der Waals surface area (Å²) in [7, 11) is 0. The van der Waals surface area contributed by atoms with Crippen LogP contribution in [0.4, 0.5) is 5.69 Å². The molecular formula is C30H30N2O2. The fraction of sp³-hybridized carbons (Fsp3) is 0.300. The molecule has 0 bridgehead atoms. The molecule has 1 N–H and O–H groups in total. The van der Waals surface area contributed by atoms with Gasteiger partial charge in [-0.25, -0.2) is 0 Å². The van der Waals surface area contributed by atoms with E-state index in [0.717, 1.165) is 38.0 Å². The number of aromatic nitrogens is 1. The number of hydrogen-bond acceptors (Lipinski definition) is 3. The Bertz CT molecular complexity index is 1420. The fourth-order valence-corrected chi connectivity index (χ4v) is 6.12. The number of fused-ring (bicyclic) bond motifs is 4. The molecule has 0 amide bonds. The lowest BCUT2D eigenvalue weighted by Crippen LogP contribution is -2.31. The van der Waals surface area contributed by atoms with Crippen LogP contribution in [0.15, 0.2) is 78.9 Å². The van der Waals surface area contributed by atoms with Gasteiger partial charge in [0.1, 0.15) is 0 Å². The summed E-state index contributed by atoms with van der Waals surface area (Å²) in [6.07, 6.45) is 2.40. The van der Waals surface area contributed by atoms with Crippen LogP contribution in [0.5, 0.6) is 0 Å². The van der Waals surface area contributed by atoms with E-state index in [4.69, 9.17) is 4.74 Å². The summed E-state index contributed by atoms with van der Waals surface area (Å²) in [5.74, 6) is 0.233. The number of para-hydroxylation sites is 1. The summed E-state index contributed by atoms with van der Waals surface area (Å²) in [6, 6.07) is 23.9. The minimum absolute atomic E-state index is 0.0434. The number of allylic oxidation sites excluding steroid dienone is 1. The largest absolute Gasteiger partial charge is 0.465 e. The number of cyclic esters (lactones) is 1. The molecule has 0 spiro atoms. The first kappa shape index (κ1) is 21.0. The number of anilines is 1. The highest BCUT2D eigenvalue weighted by atomic mass is 16.5. The zero-order valence-corrected chi connectivity index (χ0v) is 19.6. The predicted molar refractivity (Wildman–Crippen MR) is 138 cm³/mol. The first-order valence-electron chi connectivity index (χ1n) is 12.2. The van der Waals surface area contributed by atoms with Gasteiger partial charge in [0.15, 0.2) is 0 Å². The van der Waals surface area contributed by atoms with Crippen molar-refractivity contribution in [2.24, 2.45) is 11.3 Å². The number of carbonyl (C=O) groups is 1. The normalized spacial score (nSPS) is 21.9. The van der Waals surface area contributed by atoms with Crippen molar-refractivity contribution >= 4 is 33.5 Å². The van der Waals surface area contributed by atoms with E-state index < -0.39 is 5.41 Å². The van der Waals surface area contributed by atoms with Crippen molar-refractivity contribution in [2.45, 2.75) is 39.3 Å². The molecule has 34 heavy (non-hydrogen) atoms. The lowest BCUT2D eigenvalue weighted by Gasteiger charge is -2.24. The van der Waals surface area contributed by atoms with Crippen LogP contribution in [-0.4, -0.2) is 17.1 Å². The summed E-state index contributed by atoms with van der Waals surface area (Å²) in [5, 5.41) is 6.18. The van der Waals surface area contributed by atoms with Crippen LogP contribution in [0.1, 0.15) is 30.9 Å². The monoisotopic (exact) mass is 450 g/mol. The molecule has 1 aromatic heterocycles. The molecule has 3 aromatic carbocycles. The first-order chi connectivity index (χ1) is 16.6. The van der Waals surface area contributed by atoms with Crippen molar-refractivity contribution in [3.05, 3.63) is 90.0 Å². The van der Waals surface area contributed by atoms with Gasteiger partial charge in [0.05, 0.1) is 12.0 Å². The molecule has 1 aliphatic carbocycles. The molecule has 1 saturated carbocycles. The number of esters is 1. The van der Waals surface area contributed by atoms with Crippen LogP contribution < -0.4 is 5.32 Å². The fourth-order valence-electron chi connectivity index (χ4n) is 6.12. The number of nitrogens with one attached hydrogen (secondary N) is 1. The molecule has 4 heteroatoms. The van der Waals surface area contributed by atoms with E-state index in [1.807, 2.05) is 0 Å². The summed E-state index contributed by atoms with van der Waals surface area (Å²) < 4.78 is 7.81. The highest BCUT2D eigenvalue weighted by molar-refractivity contribution is 6.08. The Kier molecular flexibility index (Phi) is 4.98. The Hall–Kier alpha value is -3.53. The average Bonchev–Trinajstić information content (AvgIpc) is 3.45. The van der Waals surface area contributed by atoms with Gasteiger partial charge in [-0.2, -0.15) is 0 Å². The number of benzene rings is 3. The summed E-state index contributed by atoms with van der Waals surface area (Å²) in [4.78, 5) is 12.6. The van der Waals surface area contributed by atoms with Gasteiger partial charge in [-0.3, -0.25) is 4.79 Å². The van der Waals surface area contributed by atoms with E-state index in [-0.39, 0.29) is 11.9 Å². The summed E-state index contributed by atoms with van der Waals surface area (Å²) >= 11 is 0. The Morgan fingerprint density at radius 2 is 1.79 bits per heavy atom. The third-order valence-electron chi connectivity index (χ3n) is 7.83. The van der Waals surface area contributed by atoms with Crippen LogP contribution in [0.3, 0.4) is 0 Å². The van der Waals surface area contributed by atoms with Gasteiger partial charge in [-0.1, -0.05) is 48.6 Å². The molecule has 2 fully saturated rings. The smallest absolute Gasteiger partial charge is 0.313 e. The molecule has 4 nitrogen and oxygen atoms in total. The van der Waals surface area contributed by atoms with Crippen molar-refractivity contribution in [2.75, 3.05) is 11.9 Å². The van der Waals surface area contributed by atoms with Gasteiger partial charge in [0, 0.05) is 46.5 Å². The lowest BCUT2D eigenvalue weighted by molar-refractivity contribution is -0.146. The number of nitrogens with zero attached hydrogens (tertiary/aromatic N) is 1. The molecule has 2 unspecified atom stereocenters. The average molecular weight is 451 g/mol. The number of ether oxygens (including phenoxy) is 1. The molecule has 172 valence electrons. The highest BCUT2D eigenvalue weighted by Gasteiger charge is 2.55. The van der Waals surface area contributed by atoms with Gasteiger partial charge < -0.3 is 14.6 Å². The van der Waals surface area contributed by atoms with Gasteiger partial charge in [0.25, 0.3) is 0 Å². The van der Waals surface area contributed by atoms with Crippen LogP contribution in [0.2, 0.25) is 0 Å². The second-order valence-electron chi connectivity index (χ2n) is 9.92. The predicted octanol–water partition coefficient (Wildman–Crippen LogP) is 6.48. The van der Waals surface area contributed by atoms with Crippen molar-refractivity contribution in [1.29, 1.82) is 0 Å². The van der Waals surface area contributed by atoms with Crippen molar-refractivity contribution in [3.8, 4) is 0 Å². The van der Waals surface area contributed by atoms with E-state index in [1.165, 1.54) is 38.5 Å². The van der Waals surface area contributed by atoms with E-state index in [0.29, 0.717) is 6.61 Å². The molecule has 4 aromatic rings. The van der Waals surface area contributed by atoms with Crippen LogP contribution >= 0.6 is 0 Å². The van der Waals surface area contributed by atoms with Crippen molar-refractivity contribution in [1.82, 2.24) is 4.57 Å². The maximum absolute atomic E-state index is 12.6. The number of aryl methyl sites for hydroxylation is 1. The Morgan fingerprint density at radius 1 is 1.03 bits per heavy atom. The maximum atomic E-state index is 12.6. The van der Waals surface area contributed by atoms with Crippen LogP contribution in [-0.2, 0) is 29.0 Å². The molecule has 0 radical (unpaired) electrons. The van der Waals surface area contributed by atoms with Gasteiger partial charge in [-0.15, -0.1) is 0 Å². The number of carbonyl (C=O) groups excluding carboxylic acids is 1. The van der Waals surface area contributed by atoms with Crippen LogP contribution in [0, 0.1) is 11.3 Å².